The molecule has 0 radical (unpaired) electrons. The molecule has 2 aromatic heterocycles. The van der Waals surface area contributed by atoms with Crippen LogP contribution in [0.1, 0.15) is 10.5 Å². The summed E-state index contributed by atoms with van der Waals surface area (Å²) in [4.78, 5) is 20.7. The number of aromatic nitrogens is 2. The van der Waals surface area contributed by atoms with Gasteiger partial charge in [0, 0.05) is 23.3 Å². The molecule has 0 bridgehead atoms. The first-order valence-corrected chi connectivity index (χ1v) is 8.49. The minimum atomic E-state index is -0.285. The van der Waals surface area contributed by atoms with E-state index in [0.717, 1.165) is 5.69 Å². The molecule has 2 N–H and O–H groups in total. The van der Waals surface area contributed by atoms with Gasteiger partial charge in [-0.1, -0.05) is 0 Å². The zero-order valence-corrected chi connectivity index (χ0v) is 13.9. The van der Waals surface area contributed by atoms with Crippen molar-refractivity contribution in [1.82, 2.24) is 9.97 Å². The molecule has 0 fully saturated rings. The Balaban J connectivity index is 1.45. The smallest absolute Gasteiger partial charge is 0.275 e. The van der Waals surface area contributed by atoms with Gasteiger partial charge in [-0.25, -0.2) is 4.98 Å². The first-order valence-electron chi connectivity index (χ1n) is 7.61. The fourth-order valence-electron chi connectivity index (χ4n) is 2.31. The zero-order chi connectivity index (χ0) is 17.1. The quantitative estimate of drug-likeness (QED) is 0.748. The Bertz CT molecular complexity index is 898. The second-order valence-electron chi connectivity index (χ2n) is 5.22. The average molecular weight is 354 g/mol. The van der Waals surface area contributed by atoms with Gasteiger partial charge in [0.2, 0.25) is 0 Å². The molecule has 0 atom stereocenters. The Morgan fingerprint density at radius 2 is 2.00 bits per heavy atom. The number of nitrogens with one attached hydrogen (secondary N) is 2. The third kappa shape index (κ3) is 3.53. The lowest BCUT2D eigenvalue weighted by atomic mass is 10.2. The van der Waals surface area contributed by atoms with E-state index in [-0.39, 0.29) is 5.91 Å². The lowest BCUT2D eigenvalue weighted by Crippen LogP contribution is -2.16. The van der Waals surface area contributed by atoms with Crippen molar-refractivity contribution < 1.29 is 14.3 Å². The number of rotatable bonds is 4. The van der Waals surface area contributed by atoms with E-state index in [1.165, 1.54) is 11.3 Å². The first-order chi connectivity index (χ1) is 12.3. The molecular formula is C17H14N4O3S. The number of hydrogen-bond acceptors (Lipinski definition) is 7. The fourth-order valence-corrected chi connectivity index (χ4v) is 3.02. The molecule has 1 aliphatic heterocycles. The molecule has 4 rings (SSSR count). The highest BCUT2D eigenvalue weighted by molar-refractivity contribution is 7.14. The Morgan fingerprint density at radius 1 is 1.12 bits per heavy atom. The van der Waals surface area contributed by atoms with Gasteiger partial charge in [0.1, 0.15) is 18.9 Å². The molecule has 1 aromatic carbocycles. The largest absolute Gasteiger partial charge is 0.486 e. The number of hydrogen-bond donors (Lipinski definition) is 2. The number of carbonyl (C=O) groups is 1. The number of pyridine rings is 1. The van der Waals surface area contributed by atoms with Crippen molar-refractivity contribution in [3.8, 4) is 11.5 Å². The van der Waals surface area contributed by atoms with Gasteiger partial charge in [-0.05, 0) is 24.3 Å². The summed E-state index contributed by atoms with van der Waals surface area (Å²) in [6.45, 7) is 1.03. The van der Waals surface area contributed by atoms with Crippen molar-refractivity contribution in [3.63, 3.8) is 0 Å². The SMILES string of the molecule is O=C(Nc1ccc2c(c1)OCCO2)c1csc(Nc2cccnc2)n1. The highest BCUT2D eigenvalue weighted by Gasteiger charge is 2.15. The van der Waals surface area contributed by atoms with Gasteiger partial charge in [0.05, 0.1) is 11.9 Å². The number of thiazole rings is 1. The summed E-state index contributed by atoms with van der Waals surface area (Å²) in [5.74, 6) is 1.02. The van der Waals surface area contributed by atoms with E-state index in [1.54, 1.807) is 36.0 Å². The normalized spacial score (nSPS) is 12.5. The van der Waals surface area contributed by atoms with Crippen LogP contribution in [0.5, 0.6) is 11.5 Å². The van der Waals surface area contributed by atoms with Gasteiger partial charge >= 0.3 is 0 Å². The van der Waals surface area contributed by atoms with E-state index in [2.05, 4.69) is 20.6 Å². The molecule has 0 unspecified atom stereocenters. The summed E-state index contributed by atoms with van der Waals surface area (Å²) in [6, 6.07) is 9.00. The lowest BCUT2D eigenvalue weighted by Gasteiger charge is -2.18. The third-order valence-corrected chi connectivity index (χ3v) is 4.21. The Hall–Kier alpha value is -3.13. The van der Waals surface area contributed by atoms with Gasteiger partial charge in [0.15, 0.2) is 16.6 Å². The maximum atomic E-state index is 12.4. The molecule has 0 aliphatic carbocycles. The van der Waals surface area contributed by atoms with Crippen LogP contribution in [0.2, 0.25) is 0 Å². The Morgan fingerprint density at radius 3 is 2.84 bits per heavy atom. The van der Waals surface area contributed by atoms with E-state index >= 15 is 0 Å². The number of benzene rings is 1. The number of anilines is 3. The van der Waals surface area contributed by atoms with Gasteiger partial charge < -0.3 is 20.1 Å². The second-order valence-corrected chi connectivity index (χ2v) is 6.08. The minimum Gasteiger partial charge on any atom is -0.486 e. The lowest BCUT2D eigenvalue weighted by molar-refractivity contribution is 0.102. The standard InChI is InChI=1S/C17H14N4O3S/c22-16(19-11-3-4-14-15(8-11)24-7-6-23-14)13-10-25-17(21-13)20-12-2-1-5-18-9-12/h1-5,8-10H,6-7H2,(H,19,22)(H,20,21). The summed E-state index contributed by atoms with van der Waals surface area (Å²) in [5.41, 5.74) is 1.78. The maximum absolute atomic E-state index is 12.4. The van der Waals surface area contributed by atoms with E-state index in [1.807, 2.05) is 12.1 Å². The summed E-state index contributed by atoms with van der Waals surface area (Å²) >= 11 is 1.35. The first kappa shape index (κ1) is 15.4. The number of fused-ring (bicyclic) bond motifs is 1. The second kappa shape index (κ2) is 6.78. The fraction of sp³-hybridized carbons (Fsp3) is 0.118. The minimum absolute atomic E-state index is 0.285. The molecule has 3 aromatic rings. The molecule has 126 valence electrons. The van der Waals surface area contributed by atoms with Crippen LogP contribution in [-0.4, -0.2) is 29.1 Å². The molecule has 0 spiro atoms. The topological polar surface area (TPSA) is 85.4 Å². The Kier molecular flexibility index (Phi) is 4.17. The third-order valence-electron chi connectivity index (χ3n) is 3.45. The molecule has 1 aliphatic rings. The van der Waals surface area contributed by atoms with Crippen molar-refractivity contribution >= 4 is 33.8 Å². The average Bonchev–Trinajstić information content (AvgIpc) is 3.11. The van der Waals surface area contributed by atoms with Crippen molar-refractivity contribution in [2.45, 2.75) is 0 Å². The highest BCUT2D eigenvalue weighted by atomic mass is 32.1. The van der Waals surface area contributed by atoms with Gasteiger partial charge in [-0.3, -0.25) is 9.78 Å². The molecule has 3 heterocycles. The van der Waals surface area contributed by atoms with Crippen LogP contribution in [0.3, 0.4) is 0 Å². The van der Waals surface area contributed by atoms with Crippen molar-refractivity contribution in [2.75, 3.05) is 23.8 Å². The molecule has 8 heteroatoms. The van der Waals surface area contributed by atoms with Crippen LogP contribution in [0.4, 0.5) is 16.5 Å². The molecule has 0 saturated heterocycles. The molecule has 0 saturated carbocycles. The van der Waals surface area contributed by atoms with E-state index in [4.69, 9.17) is 9.47 Å². The predicted molar refractivity (Wildman–Crippen MR) is 95.0 cm³/mol. The summed E-state index contributed by atoms with van der Waals surface area (Å²) in [7, 11) is 0. The summed E-state index contributed by atoms with van der Waals surface area (Å²) < 4.78 is 11.0. The molecule has 7 nitrogen and oxygen atoms in total. The Labute approximate surface area is 147 Å². The van der Waals surface area contributed by atoms with Crippen LogP contribution < -0.4 is 20.1 Å². The van der Waals surface area contributed by atoms with Crippen LogP contribution in [0.15, 0.2) is 48.1 Å². The van der Waals surface area contributed by atoms with Gasteiger partial charge in [0.25, 0.3) is 5.91 Å². The predicted octanol–water partition coefficient (Wildman–Crippen LogP) is 3.31. The number of amides is 1. The number of nitrogens with zero attached hydrogens (tertiary/aromatic N) is 2. The number of ether oxygens (including phenoxy) is 2. The van der Waals surface area contributed by atoms with E-state index in [9.17, 15) is 4.79 Å². The van der Waals surface area contributed by atoms with Crippen molar-refractivity contribution in [3.05, 3.63) is 53.8 Å². The summed E-state index contributed by atoms with van der Waals surface area (Å²) in [5, 5.41) is 8.25. The van der Waals surface area contributed by atoms with Crippen molar-refractivity contribution in [1.29, 1.82) is 0 Å². The van der Waals surface area contributed by atoms with Crippen LogP contribution >= 0.6 is 11.3 Å². The monoisotopic (exact) mass is 354 g/mol. The van der Waals surface area contributed by atoms with Crippen molar-refractivity contribution in [2.24, 2.45) is 0 Å². The van der Waals surface area contributed by atoms with E-state index in [0.29, 0.717) is 41.2 Å². The summed E-state index contributed by atoms with van der Waals surface area (Å²) in [6.07, 6.45) is 3.38. The van der Waals surface area contributed by atoms with Gasteiger partial charge in [-0.15, -0.1) is 11.3 Å². The zero-order valence-electron chi connectivity index (χ0n) is 13.1. The number of carbonyl (C=O) groups excluding carboxylic acids is 1. The molecule has 1 amide bonds. The van der Waals surface area contributed by atoms with E-state index < -0.39 is 0 Å². The van der Waals surface area contributed by atoms with Crippen LogP contribution in [0, 0.1) is 0 Å². The highest BCUT2D eigenvalue weighted by Crippen LogP contribution is 2.32. The molecule has 25 heavy (non-hydrogen) atoms. The van der Waals surface area contributed by atoms with Crippen LogP contribution in [-0.2, 0) is 0 Å². The van der Waals surface area contributed by atoms with Crippen LogP contribution in [0.25, 0.3) is 0 Å². The maximum Gasteiger partial charge on any atom is 0.275 e. The van der Waals surface area contributed by atoms with Gasteiger partial charge in [-0.2, -0.15) is 0 Å². The molecular weight excluding hydrogens is 340 g/mol.